The van der Waals surface area contributed by atoms with Crippen molar-refractivity contribution in [2.75, 3.05) is 54.6 Å². The van der Waals surface area contributed by atoms with Gasteiger partial charge in [0, 0.05) is 37.3 Å². The molecular weight excluding hydrogens is 1690 g/mol. The number of hydrogen-bond acceptors (Lipinski definition) is 18. The van der Waals surface area contributed by atoms with Crippen LogP contribution in [0.5, 0.6) is 0 Å². The van der Waals surface area contributed by atoms with Gasteiger partial charge in [0.1, 0.15) is 58.7 Å². The summed E-state index contributed by atoms with van der Waals surface area (Å²) in [7, 11) is 5.00. The van der Waals surface area contributed by atoms with Crippen LogP contribution in [0.1, 0.15) is 177 Å². The number of imidazole rings is 4. The Labute approximate surface area is 762 Å². The number of hydrogen-bond donors (Lipinski definition) is 8. The van der Waals surface area contributed by atoms with E-state index in [1.54, 1.807) is 20.9 Å². The van der Waals surface area contributed by atoms with E-state index in [-0.39, 0.29) is 66.2 Å². The predicted octanol–water partition coefficient (Wildman–Crippen LogP) is 18.2. The molecule has 7 amide bonds. The molecule has 32 heteroatoms. The van der Waals surface area contributed by atoms with Crippen LogP contribution in [0.2, 0.25) is 0 Å². The Morgan fingerprint density at radius 3 is 1.06 bits per heavy atom. The smallest absolute Gasteiger partial charge is 0.410 e. The number of amides is 7. The van der Waals surface area contributed by atoms with Crippen molar-refractivity contribution >= 4 is 75.6 Å². The fraction of sp³-hybridized carbons (Fsp3) is 0.350. The first kappa shape index (κ1) is 93.6. The van der Waals surface area contributed by atoms with Gasteiger partial charge in [-0.1, -0.05) is 149 Å². The SMILES string of the molecule is COC(=O)C[C@@H](C(=O)O)c1ccc(F)cc1.COC(=O)N[C@H](C(=O)N1CCC[C@H]1c1ncc(-c2ccc3cc(-c4ccc(-c5cnc([C@@H]6CCCN6C(=O)OC(C)(C)C)[nH]5)cc4)ccc3c2)[nH]1)C(C)C.COC(=O)N[C@H](C(=O)N1CCC[C@H]1c1ncc(-c2ccc3cc(-c4ccc(-c5cnc([C@@H]6CCCN6C(=O)[C@H](NC(=O)OC)c6ccc(F)cc6)[nH]5)cc4)ccc3c2)[nH]1)C(C)C. The van der Waals surface area contributed by atoms with Crippen molar-refractivity contribution < 1.29 is 80.7 Å². The standard InChI is InChI=1S/C47H49FN8O6.C42H49N7O5.C11H11FO4/c1-27(2)40(53-46(59)61-3)44(57)55-21-5-7-38(55)43-50-26-37(52-43)34-16-15-32-23-31(13-14-33(32)24-34)28-9-11-29(12-10-28)36-25-49-42(51-36)39-8-6-22-56(39)45(58)41(54-47(60)62-4)30-17-19-35(48)20-18-30;1-25(2)36(47-40(51)53-6)39(50)48-19-7-9-34(48)37-44-24-33(46-37)31-18-17-29-21-28(15-16-30(29)22-31)26-11-13-27(14-12-26)32-23-43-38(45-32)35-10-8-20-49(35)41(52)54-42(3,4)5;1-16-10(13)6-9(11(14)15)7-2-4-8(12)5-3-7/h9-20,23-27,38-41H,5-8,21-22H2,1-4H3,(H,49,51)(H,50,52)(H,53,59)(H,54,60);11-18,21-25,34-36H,7-10,19-20H2,1-6H3,(H,43,45)(H,44,46)(H,47,51);2-5,9H,6H2,1H3,(H,14,15)/t38-,39-,40-,41+;34-,35-,36-;9-/m001/s1. The summed E-state index contributed by atoms with van der Waals surface area (Å²) in [5, 5.41) is 21.3. The molecular formula is C100H109F2N15O15. The third kappa shape index (κ3) is 21.9. The quantitative estimate of drug-likeness (QED) is 0.0218. The van der Waals surface area contributed by atoms with Crippen LogP contribution < -0.4 is 16.0 Å². The number of fused-ring (bicyclic) bond motifs is 2. The minimum absolute atomic E-state index is 0.0963. The third-order valence-corrected chi connectivity index (χ3v) is 24.3. The van der Waals surface area contributed by atoms with Crippen LogP contribution in [0.4, 0.5) is 28.0 Å². The van der Waals surface area contributed by atoms with Crippen LogP contribution in [0, 0.1) is 23.5 Å². The number of halogens is 2. The summed E-state index contributed by atoms with van der Waals surface area (Å²) in [6.07, 6.45) is 11.1. The lowest BCUT2D eigenvalue weighted by molar-refractivity contribution is -0.147. The number of aliphatic carboxylic acids is 1. The number of alkyl carbamates (subject to hydrolysis) is 3. The van der Waals surface area contributed by atoms with E-state index in [9.17, 15) is 51.9 Å². The number of nitrogens with zero attached hydrogens (tertiary/aromatic N) is 8. The Morgan fingerprint density at radius 1 is 0.402 bits per heavy atom. The number of likely N-dealkylation sites (tertiary alicyclic amines) is 4. The van der Waals surface area contributed by atoms with Gasteiger partial charge in [-0.05, 0) is 199 Å². The molecule has 0 saturated carbocycles. The number of aromatic amines is 4. The molecule has 12 aromatic rings. The van der Waals surface area contributed by atoms with Crippen molar-refractivity contribution in [3.63, 3.8) is 0 Å². The van der Waals surface area contributed by atoms with Crippen LogP contribution in [0.3, 0.4) is 0 Å². The molecule has 132 heavy (non-hydrogen) atoms. The molecule has 8 N–H and O–H groups in total. The molecule has 688 valence electrons. The van der Waals surface area contributed by atoms with E-state index in [4.69, 9.17) is 34.0 Å². The molecule has 4 aliphatic heterocycles. The van der Waals surface area contributed by atoms with Gasteiger partial charge in [-0.25, -0.2) is 47.9 Å². The second kappa shape index (κ2) is 41.4. The molecule has 4 saturated heterocycles. The highest BCUT2D eigenvalue weighted by molar-refractivity contribution is 5.94. The average Bonchev–Trinajstić information content (AvgIpc) is 1.51. The monoisotopic (exact) mass is 1800 g/mol. The van der Waals surface area contributed by atoms with Gasteiger partial charge in [-0.2, -0.15) is 0 Å². The molecule has 8 heterocycles. The van der Waals surface area contributed by atoms with Crippen LogP contribution in [-0.2, 0) is 47.7 Å². The summed E-state index contributed by atoms with van der Waals surface area (Å²) in [4.78, 5) is 152. The van der Waals surface area contributed by atoms with Crippen LogP contribution in [0.25, 0.3) is 88.8 Å². The van der Waals surface area contributed by atoms with E-state index in [1.807, 2.05) is 84.1 Å². The molecule has 16 rings (SSSR count). The number of carbonyl (C=O) groups is 9. The van der Waals surface area contributed by atoms with Crippen molar-refractivity contribution in [3.05, 3.63) is 241 Å². The Morgan fingerprint density at radius 2 is 0.712 bits per heavy atom. The van der Waals surface area contributed by atoms with Crippen molar-refractivity contribution in [2.24, 2.45) is 11.8 Å². The van der Waals surface area contributed by atoms with Crippen molar-refractivity contribution in [2.45, 2.75) is 160 Å². The molecule has 0 spiro atoms. The molecule has 4 fully saturated rings. The molecule has 0 unspecified atom stereocenters. The zero-order valence-corrected chi connectivity index (χ0v) is 75.4. The third-order valence-electron chi connectivity index (χ3n) is 24.3. The van der Waals surface area contributed by atoms with Gasteiger partial charge < -0.3 is 79.4 Å². The highest BCUT2D eigenvalue weighted by Gasteiger charge is 2.42. The van der Waals surface area contributed by atoms with Crippen molar-refractivity contribution in [3.8, 4) is 67.3 Å². The molecule has 30 nitrogen and oxygen atoms in total. The lowest BCUT2D eigenvalue weighted by atomic mass is 9.96. The number of benzene rings is 8. The van der Waals surface area contributed by atoms with E-state index in [2.05, 4.69) is 160 Å². The number of carboxylic acid groups (broad SMARTS) is 1. The second-order valence-electron chi connectivity index (χ2n) is 34.9. The van der Waals surface area contributed by atoms with Gasteiger partial charge in [0.05, 0.1) is 113 Å². The van der Waals surface area contributed by atoms with Gasteiger partial charge in [0.25, 0.3) is 5.91 Å². The number of nitrogens with one attached hydrogen (secondary N) is 7. The van der Waals surface area contributed by atoms with Crippen LogP contribution >= 0.6 is 0 Å². The highest BCUT2D eigenvalue weighted by Crippen LogP contribution is 2.41. The maximum Gasteiger partial charge on any atom is 0.410 e. The summed E-state index contributed by atoms with van der Waals surface area (Å²) in [6, 6.07) is 49.3. The van der Waals surface area contributed by atoms with E-state index < -0.39 is 71.5 Å². The average molecular weight is 1800 g/mol. The van der Waals surface area contributed by atoms with Gasteiger partial charge in [-0.3, -0.25) is 28.9 Å². The summed E-state index contributed by atoms with van der Waals surface area (Å²) in [6.45, 7) is 15.6. The maximum atomic E-state index is 13.9. The fourth-order valence-electron chi connectivity index (χ4n) is 17.3. The number of esters is 1. The molecule has 0 radical (unpaired) electrons. The van der Waals surface area contributed by atoms with Crippen LogP contribution in [0.15, 0.2) is 195 Å². The number of ether oxygens (including phenoxy) is 5. The zero-order chi connectivity index (χ0) is 93.8. The summed E-state index contributed by atoms with van der Waals surface area (Å²) in [5.41, 5.74) is 12.0. The van der Waals surface area contributed by atoms with Gasteiger partial charge in [0.2, 0.25) is 11.8 Å². The summed E-state index contributed by atoms with van der Waals surface area (Å²) >= 11 is 0. The van der Waals surface area contributed by atoms with Crippen molar-refractivity contribution in [1.82, 2.24) is 75.4 Å². The molecule has 4 aliphatic rings. The maximum absolute atomic E-state index is 13.9. The minimum atomic E-state index is -1.14. The first-order valence-corrected chi connectivity index (χ1v) is 44.2. The Balaban J connectivity index is 0.000000183. The topological polar surface area (TPSA) is 384 Å². The van der Waals surface area contributed by atoms with E-state index in [0.717, 1.165) is 158 Å². The lowest BCUT2D eigenvalue weighted by Gasteiger charge is -2.30. The first-order chi connectivity index (χ1) is 63.4. The molecule has 8 aromatic carbocycles. The minimum Gasteiger partial charge on any atom is -0.481 e. The summed E-state index contributed by atoms with van der Waals surface area (Å²) < 4.78 is 50.7. The van der Waals surface area contributed by atoms with Gasteiger partial charge in [0.15, 0.2) is 0 Å². The first-order valence-electron chi connectivity index (χ1n) is 44.2. The van der Waals surface area contributed by atoms with Gasteiger partial charge in [-0.15, -0.1) is 0 Å². The largest absolute Gasteiger partial charge is 0.481 e. The Hall–Kier alpha value is -14.6. The fourth-order valence-corrected chi connectivity index (χ4v) is 17.3. The molecule has 0 aliphatic carbocycles. The van der Waals surface area contributed by atoms with Crippen LogP contribution in [-0.4, -0.2) is 191 Å². The highest BCUT2D eigenvalue weighted by atomic mass is 19.1. The predicted molar refractivity (Wildman–Crippen MR) is 491 cm³/mol. The number of methoxy groups -OCH3 is 4. The molecule has 0 bridgehead atoms. The van der Waals surface area contributed by atoms with E-state index in [1.165, 1.54) is 64.8 Å². The zero-order valence-electron chi connectivity index (χ0n) is 75.4. The number of H-pyrrole nitrogens is 4. The Bertz CT molecular complexity index is 6150. The molecule has 8 atom stereocenters. The van der Waals surface area contributed by atoms with Gasteiger partial charge >= 0.3 is 36.3 Å². The van der Waals surface area contributed by atoms with E-state index in [0.29, 0.717) is 55.4 Å². The number of carboxylic acids is 1. The number of carbonyl (C=O) groups excluding carboxylic acids is 8. The van der Waals surface area contributed by atoms with E-state index >= 15 is 0 Å². The lowest BCUT2D eigenvalue weighted by Crippen LogP contribution is -2.51. The Kier molecular flexibility index (Phi) is 29.4. The normalized spacial score (nSPS) is 16.9. The second-order valence-corrected chi connectivity index (χ2v) is 34.9. The van der Waals surface area contributed by atoms with Crippen molar-refractivity contribution in [1.29, 1.82) is 0 Å². The molecule has 4 aromatic heterocycles. The summed E-state index contributed by atoms with van der Waals surface area (Å²) in [5.74, 6) is -1.60. The number of rotatable bonds is 23. The number of aromatic nitrogens is 8.